The van der Waals surface area contributed by atoms with Crippen molar-refractivity contribution in [3.05, 3.63) is 0 Å². The van der Waals surface area contributed by atoms with Crippen molar-refractivity contribution in [3.8, 4) is 0 Å². The fraction of sp³-hybridized carbons (Fsp3) is 1.00. The molecular formula is C14H31N3O2S. The van der Waals surface area contributed by atoms with E-state index in [9.17, 15) is 8.42 Å². The Morgan fingerprint density at radius 3 is 2.35 bits per heavy atom. The zero-order valence-electron chi connectivity index (χ0n) is 13.3. The highest BCUT2D eigenvalue weighted by Gasteiger charge is 2.22. The maximum absolute atomic E-state index is 11.4. The smallest absolute Gasteiger partial charge is 0.211 e. The number of sulfonamides is 1. The quantitative estimate of drug-likeness (QED) is 0.649. The van der Waals surface area contributed by atoms with Gasteiger partial charge in [0.1, 0.15) is 0 Å². The van der Waals surface area contributed by atoms with Crippen LogP contribution in [0.4, 0.5) is 0 Å². The van der Waals surface area contributed by atoms with Gasteiger partial charge in [0.15, 0.2) is 0 Å². The van der Waals surface area contributed by atoms with Gasteiger partial charge in [-0.3, -0.25) is 4.90 Å². The molecule has 0 amide bonds. The molecule has 120 valence electrons. The molecule has 0 radical (unpaired) electrons. The first-order valence-corrected chi connectivity index (χ1v) is 9.69. The lowest BCUT2D eigenvalue weighted by atomic mass is 10.1. The molecule has 1 saturated heterocycles. The molecule has 5 nitrogen and oxygen atoms in total. The second-order valence-electron chi connectivity index (χ2n) is 5.85. The summed E-state index contributed by atoms with van der Waals surface area (Å²) in [6.07, 6.45) is 6.44. The molecule has 20 heavy (non-hydrogen) atoms. The van der Waals surface area contributed by atoms with Crippen molar-refractivity contribution in [2.24, 2.45) is 0 Å². The molecule has 1 unspecified atom stereocenters. The van der Waals surface area contributed by atoms with Crippen molar-refractivity contribution in [1.29, 1.82) is 0 Å². The molecule has 0 aromatic heterocycles. The van der Waals surface area contributed by atoms with Crippen LogP contribution in [0.3, 0.4) is 0 Å². The van der Waals surface area contributed by atoms with Crippen LogP contribution in [0.1, 0.15) is 39.5 Å². The van der Waals surface area contributed by atoms with E-state index in [1.807, 2.05) is 0 Å². The normalized spacial score (nSPS) is 20.1. The molecule has 0 aromatic rings. The van der Waals surface area contributed by atoms with Gasteiger partial charge in [-0.2, -0.15) is 4.31 Å². The van der Waals surface area contributed by atoms with Crippen LogP contribution < -0.4 is 5.32 Å². The second-order valence-corrected chi connectivity index (χ2v) is 7.84. The van der Waals surface area contributed by atoms with Crippen molar-refractivity contribution < 1.29 is 8.42 Å². The van der Waals surface area contributed by atoms with E-state index in [-0.39, 0.29) is 0 Å². The van der Waals surface area contributed by atoms with Crippen LogP contribution in [0, 0.1) is 0 Å². The molecule has 0 aliphatic carbocycles. The van der Waals surface area contributed by atoms with Crippen LogP contribution in [0.2, 0.25) is 0 Å². The molecule has 1 atom stereocenters. The summed E-state index contributed by atoms with van der Waals surface area (Å²) in [5.41, 5.74) is 0. The summed E-state index contributed by atoms with van der Waals surface area (Å²) in [5.74, 6) is 0. The summed E-state index contributed by atoms with van der Waals surface area (Å²) < 4.78 is 24.4. The number of hydrogen-bond acceptors (Lipinski definition) is 4. The first-order valence-electron chi connectivity index (χ1n) is 7.84. The monoisotopic (exact) mass is 305 g/mol. The Morgan fingerprint density at radius 1 is 1.15 bits per heavy atom. The Balaban J connectivity index is 2.09. The van der Waals surface area contributed by atoms with Crippen molar-refractivity contribution >= 4 is 10.0 Å². The van der Waals surface area contributed by atoms with Gasteiger partial charge in [-0.25, -0.2) is 8.42 Å². The van der Waals surface area contributed by atoms with E-state index in [1.54, 1.807) is 4.31 Å². The number of piperazine rings is 1. The highest BCUT2D eigenvalue weighted by molar-refractivity contribution is 7.88. The minimum Gasteiger partial charge on any atom is -0.313 e. The number of rotatable bonds is 9. The maximum atomic E-state index is 11.4. The van der Waals surface area contributed by atoms with E-state index >= 15 is 0 Å². The molecule has 0 spiro atoms. The predicted octanol–water partition coefficient (Wildman–Crippen LogP) is 1.12. The fourth-order valence-electron chi connectivity index (χ4n) is 2.56. The molecule has 1 aliphatic rings. The van der Waals surface area contributed by atoms with Crippen LogP contribution in [-0.2, 0) is 10.0 Å². The molecule has 1 N–H and O–H groups in total. The first-order chi connectivity index (χ1) is 9.43. The van der Waals surface area contributed by atoms with Gasteiger partial charge in [0.2, 0.25) is 10.0 Å². The van der Waals surface area contributed by atoms with Gasteiger partial charge in [0, 0.05) is 45.3 Å². The number of hydrogen-bond donors (Lipinski definition) is 1. The Hall–Kier alpha value is -0.170. The predicted molar refractivity (Wildman–Crippen MR) is 84.5 cm³/mol. The van der Waals surface area contributed by atoms with Gasteiger partial charge in [-0.05, 0) is 13.3 Å². The number of nitrogens with zero attached hydrogens (tertiary/aromatic N) is 2. The summed E-state index contributed by atoms with van der Waals surface area (Å²) in [6.45, 7) is 9.43. The fourth-order valence-corrected chi connectivity index (χ4v) is 3.38. The Bertz CT molecular complexity index is 351. The Labute approximate surface area is 124 Å². The average Bonchev–Trinajstić information content (AvgIpc) is 2.38. The zero-order chi connectivity index (χ0) is 15.0. The van der Waals surface area contributed by atoms with E-state index in [2.05, 4.69) is 24.1 Å². The summed E-state index contributed by atoms with van der Waals surface area (Å²) in [6, 6.07) is 0.582. The van der Waals surface area contributed by atoms with Crippen molar-refractivity contribution in [1.82, 2.24) is 14.5 Å². The van der Waals surface area contributed by atoms with Crippen LogP contribution in [-0.4, -0.2) is 69.2 Å². The highest BCUT2D eigenvalue weighted by Crippen LogP contribution is 2.06. The standard InChI is InChI=1S/C14H31N3O2S/c1-4-5-6-7-14(2)15-8-9-16-10-12-17(13-11-16)20(3,18)19/h14-15H,4-13H2,1-3H3. The van der Waals surface area contributed by atoms with Gasteiger partial charge in [-0.1, -0.05) is 26.2 Å². The highest BCUT2D eigenvalue weighted by atomic mass is 32.2. The molecule has 0 aromatic carbocycles. The average molecular weight is 305 g/mol. The van der Waals surface area contributed by atoms with Gasteiger partial charge in [-0.15, -0.1) is 0 Å². The van der Waals surface area contributed by atoms with Crippen molar-refractivity contribution in [2.45, 2.75) is 45.6 Å². The van der Waals surface area contributed by atoms with Crippen LogP contribution in [0.15, 0.2) is 0 Å². The van der Waals surface area contributed by atoms with Crippen LogP contribution >= 0.6 is 0 Å². The third-order valence-corrected chi connectivity index (χ3v) is 5.26. The number of nitrogens with one attached hydrogen (secondary N) is 1. The van der Waals surface area contributed by atoms with E-state index < -0.39 is 10.0 Å². The zero-order valence-corrected chi connectivity index (χ0v) is 14.1. The molecule has 1 rings (SSSR count). The third-order valence-electron chi connectivity index (χ3n) is 3.96. The Morgan fingerprint density at radius 2 is 1.80 bits per heavy atom. The first kappa shape index (κ1) is 17.9. The summed E-state index contributed by atoms with van der Waals surface area (Å²) >= 11 is 0. The molecule has 0 bridgehead atoms. The summed E-state index contributed by atoms with van der Waals surface area (Å²) in [7, 11) is -3.01. The largest absolute Gasteiger partial charge is 0.313 e. The summed E-state index contributed by atoms with van der Waals surface area (Å²) in [5, 5.41) is 3.56. The third kappa shape index (κ3) is 7.02. The number of unbranched alkanes of at least 4 members (excludes halogenated alkanes) is 2. The molecule has 0 saturated carbocycles. The lowest BCUT2D eigenvalue weighted by Crippen LogP contribution is -2.50. The minimum atomic E-state index is -3.01. The lowest BCUT2D eigenvalue weighted by molar-refractivity contribution is 0.188. The second kappa shape index (κ2) is 8.97. The van der Waals surface area contributed by atoms with Gasteiger partial charge in [0.05, 0.1) is 6.26 Å². The van der Waals surface area contributed by atoms with Crippen LogP contribution in [0.5, 0.6) is 0 Å². The molecule has 6 heteroatoms. The molecule has 1 fully saturated rings. The van der Waals surface area contributed by atoms with Crippen LogP contribution in [0.25, 0.3) is 0 Å². The minimum absolute atomic E-state index is 0.582. The summed E-state index contributed by atoms with van der Waals surface area (Å²) in [4.78, 5) is 2.34. The molecular weight excluding hydrogens is 274 g/mol. The molecule has 1 aliphatic heterocycles. The Kier molecular flexibility index (Phi) is 8.02. The molecule has 1 heterocycles. The van der Waals surface area contributed by atoms with E-state index in [4.69, 9.17) is 0 Å². The lowest BCUT2D eigenvalue weighted by Gasteiger charge is -2.33. The van der Waals surface area contributed by atoms with E-state index in [0.717, 1.165) is 26.2 Å². The van der Waals surface area contributed by atoms with Gasteiger partial charge < -0.3 is 5.32 Å². The van der Waals surface area contributed by atoms with E-state index in [1.165, 1.54) is 31.9 Å². The van der Waals surface area contributed by atoms with Gasteiger partial charge in [0.25, 0.3) is 0 Å². The van der Waals surface area contributed by atoms with E-state index in [0.29, 0.717) is 19.1 Å². The van der Waals surface area contributed by atoms with Crippen molar-refractivity contribution in [3.63, 3.8) is 0 Å². The maximum Gasteiger partial charge on any atom is 0.211 e. The topological polar surface area (TPSA) is 52.6 Å². The van der Waals surface area contributed by atoms with Gasteiger partial charge >= 0.3 is 0 Å². The van der Waals surface area contributed by atoms with Crippen molar-refractivity contribution in [2.75, 3.05) is 45.5 Å². The SMILES string of the molecule is CCCCCC(C)NCCN1CCN(S(C)(=O)=O)CC1.